The van der Waals surface area contributed by atoms with Crippen molar-refractivity contribution in [3.63, 3.8) is 0 Å². The zero-order chi connectivity index (χ0) is 15.1. The van der Waals surface area contributed by atoms with Crippen LogP contribution in [0, 0.1) is 10.1 Å². The summed E-state index contributed by atoms with van der Waals surface area (Å²) in [6.45, 7) is 1.67. The Bertz CT molecular complexity index is 541. The molecule has 0 radical (unpaired) electrons. The van der Waals surface area contributed by atoms with Crippen molar-refractivity contribution in [2.45, 2.75) is 0 Å². The Kier molecular flexibility index (Phi) is 4.97. The van der Waals surface area contributed by atoms with Crippen molar-refractivity contribution in [1.29, 1.82) is 0 Å². The number of nitrogens with zero attached hydrogens (tertiary/aromatic N) is 1. The zero-order valence-corrected chi connectivity index (χ0v) is 11.2. The number of nitro groups is 1. The first-order valence-corrected chi connectivity index (χ1v) is 6.38. The van der Waals surface area contributed by atoms with Crippen molar-refractivity contribution in [1.82, 2.24) is 5.32 Å². The van der Waals surface area contributed by atoms with Crippen molar-refractivity contribution in [3.05, 3.63) is 46.4 Å². The third-order valence-corrected chi connectivity index (χ3v) is 2.69. The largest absolute Gasteiger partial charge is 0.494 e. The summed E-state index contributed by atoms with van der Waals surface area (Å²) in [5, 5.41) is 16.2. The number of hydrogen-bond donors (Lipinski definition) is 2. The van der Waals surface area contributed by atoms with Gasteiger partial charge >= 0.3 is 0 Å². The molecule has 0 aromatic heterocycles. The van der Waals surface area contributed by atoms with Crippen LogP contribution in [0.5, 0.6) is 0 Å². The lowest BCUT2D eigenvalue weighted by atomic mass is 10.3. The minimum atomic E-state index is -0.454. The Labute approximate surface area is 120 Å². The smallest absolute Gasteiger partial charge is 0.289 e. The van der Waals surface area contributed by atoms with Crippen molar-refractivity contribution >= 4 is 17.3 Å². The molecular formula is C13H15N3O5. The highest BCUT2D eigenvalue weighted by molar-refractivity contribution is 5.91. The Morgan fingerprint density at radius 1 is 1.24 bits per heavy atom. The standard InChI is InChI=1S/C13H15N3O5/c17-13(12-9-20-7-8-21-12)15-6-5-14-10-1-3-11(4-2-10)16(18)19/h1-4,9,14H,5-8H2,(H,15,17). The maximum Gasteiger partial charge on any atom is 0.289 e. The second-order valence-electron chi connectivity index (χ2n) is 4.19. The molecule has 0 spiro atoms. The molecule has 2 N–H and O–H groups in total. The molecule has 0 unspecified atom stereocenters. The molecule has 21 heavy (non-hydrogen) atoms. The second-order valence-corrected chi connectivity index (χ2v) is 4.19. The first kappa shape index (κ1) is 14.6. The van der Waals surface area contributed by atoms with Crippen LogP contribution >= 0.6 is 0 Å². The number of rotatable bonds is 6. The van der Waals surface area contributed by atoms with E-state index in [2.05, 4.69) is 10.6 Å². The molecule has 0 fully saturated rings. The number of ether oxygens (including phenoxy) is 2. The number of nitro benzene ring substituents is 1. The highest BCUT2D eigenvalue weighted by atomic mass is 16.6. The van der Waals surface area contributed by atoms with E-state index in [1.165, 1.54) is 18.4 Å². The van der Waals surface area contributed by atoms with Crippen LogP contribution in [0.2, 0.25) is 0 Å². The Morgan fingerprint density at radius 3 is 2.62 bits per heavy atom. The summed E-state index contributed by atoms with van der Waals surface area (Å²) >= 11 is 0. The Hall–Kier alpha value is -2.77. The Balaban J connectivity index is 1.70. The van der Waals surface area contributed by atoms with Gasteiger partial charge in [-0.25, -0.2) is 0 Å². The van der Waals surface area contributed by atoms with Gasteiger partial charge in [0.2, 0.25) is 5.76 Å². The fourth-order valence-corrected chi connectivity index (χ4v) is 1.66. The van der Waals surface area contributed by atoms with Crippen LogP contribution in [0.4, 0.5) is 11.4 Å². The number of non-ortho nitro benzene ring substituents is 1. The molecule has 1 heterocycles. The van der Waals surface area contributed by atoms with E-state index < -0.39 is 4.92 Å². The molecule has 0 atom stereocenters. The lowest BCUT2D eigenvalue weighted by Gasteiger charge is -2.15. The molecule has 8 heteroatoms. The van der Waals surface area contributed by atoms with Gasteiger partial charge in [-0.15, -0.1) is 0 Å². The minimum absolute atomic E-state index is 0.0373. The second kappa shape index (κ2) is 7.13. The summed E-state index contributed by atoms with van der Waals surface area (Å²) in [4.78, 5) is 21.7. The SMILES string of the molecule is O=C(NCCNc1ccc([N+](=O)[O-])cc1)C1=COCCO1. The molecule has 2 rings (SSSR count). The minimum Gasteiger partial charge on any atom is -0.494 e. The van der Waals surface area contributed by atoms with Gasteiger partial charge in [0.1, 0.15) is 19.5 Å². The van der Waals surface area contributed by atoms with Crippen LogP contribution in [-0.4, -0.2) is 37.1 Å². The average molecular weight is 293 g/mol. The van der Waals surface area contributed by atoms with Gasteiger partial charge in [0.15, 0.2) is 0 Å². The summed E-state index contributed by atoms with van der Waals surface area (Å²) in [6.07, 6.45) is 1.29. The summed E-state index contributed by atoms with van der Waals surface area (Å²) in [5.74, 6) is -0.170. The first-order chi connectivity index (χ1) is 10.2. The van der Waals surface area contributed by atoms with E-state index in [-0.39, 0.29) is 17.4 Å². The quantitative estimate of drug-likeness (QED) is 0.461. The van der Waals surface area contributed by atoms with E-state index >= 15 is 0 Å². The number of hydrogen-bond acceptors (Lipinski definition) is 6. The zero-order valence-electron chi connectivity index (χ0n) is 11.2. The normalized spacial score (nSPS) is 13.4. The van der Waals surface area contributed by atoms with Gasteiger partial charge in [-0.05, 0) is 12.1 Å². The Morgan fingerprint density at radius 2 is 2.00 bits per heavy atom. The molecular weight excluding hydrogens is 278 g/mol. The predicted octanol–water partition coefficient (Wildman–Crippen LogP) is 1.01. The molecule has 0 saturated carbocycles. The van der Waals surface area contributed by atoms with Gasteiger partial charge in [0.25, 0.3) is 11.6 Å². The van der Waals surface area contributed by atoms with Gasteiger partial charge in [0, 0.05) is 30.9 Å². The van der Waals surface area contributed by atoms with E-state index in [0.29, 0.717) is 26.3 Å². The average Bonchev–Trinajstić information content (AvgIpc) is 2.52. The van der Waals surface area contributed by atoms with E-state index in [0.717, 1.165) is 5.69 Å². The van der Waals surface area contributed by atoms with Crippen LogP contribution in [-0.2, 0) is 14.3 Å². The van der Waals surface area contributed by atoms with E-state index in [1.807, 2.05) is 0 Å². The monoisotopic (exact) mass is 293 g/mol. The molecule has 112 valence electrons. The number of nitrogens with one attached hydrogen (secondary N) is 2. The fourth-order valence-electron chi connectivity index (χ4n) is 1.66. The van der Waals surface area contributed by atoms with E-state index in [4.69, 9.17) is 9.47 Å². The summed E-state index contributed by atoms with van der Waals surface area (Å²) in [6, 6.07) is 6.05. The van der Waals surface area contributed by atoms with Gasteiger partial charge in [-0.1, -0.05) is 0 Å². The molecule has 1 aromatic rings. The maximum atomic E-state index is 11.6. The number of carbonyl (C=O) groups excluding carboxylic acids is 1. The predicted molar refractivity (Wildman–Crippen MR) is 74.6 cm³/mol. The van der Waals surface area contributed by atoms with Gasteiger partial charge in [-0.3, -0.25) is 14.9 Å². The van der Waals surface area contributed by atoms with Gasteiger partial charge < -0.3 is 20.1 Å². The maximum absolute atomic E-state index is 11.6. The van der Waals surface area contributed by atoms with E-state index in [9.17, 15) is 14.9 Å². The fraction of sp³-hybridized carbons (Fsp3) is 0.308. The highest BCUT2D eigenvalue weighted by Crippen LogP contribution is 2.14. The molecule has 1 aliphatic heterocycles. The third kappa shape index (κ3) is 4.37. The van der Waals surface area contributed by atoms with E-state index in [1.54, 1.807) is 12.1 Å². The number of benzene rings is 1. The number of amides is 1. The van der Waals surface area contributed by atoms with Crippen molar-refractivity contribution < 1.29 is 19.2 Å². The molecule has 8 nitrogen and oxygen atoms in total. The molecule has 0 aliphatic carbocycles. The van der Waals surface area contributed by atoms with Crippen molar-refractivity contribution in [3.8, 4) is 0 Å². The highest BCUT2D eigenvalue weighted by Gasteiger charge is 2.13. The lowest BCUT2D eigenvalue weighted by molar-refractivity contribution is -0.384. The van der Waals surface area contributed by atoms with Gasteiger partial charge in [0.05, 0.1) is 4.92 Å². The van der Waals surface area contributed by atoms with Gasteiger partial charge in [-0.2, -0.15) is 0 Å². The number of anilines is 1. The summed E-state index contributed by atoms with van der Waals surface area (Å²) in [7, 11) is 0. The lowest BCUT2D eigenvalue weighted by Crippen LogP contribution is -2.32. The van der Waals surface area contributed by atoms with Crippen LogP contribution in [0.15, 0.2) is 36.3 Å². The van der Waals surface area contributed by atoms with Crippen LogP contribution in [0.1, 0.15) is 0 Å². The van der Waals surface area contributed by atoms with Crippen molar-refractivity contribution in [2.24, 2.45) is 0 Å². The molecule has 1 aliphatic rings. The summed E-state index contributed by atoms with van der Waals surface area (Å²) in [5.41, 5.74) is 0.779. The van der Waals surface area contributed by atoms with Crippen LogP contribution in [0.3, 0.4) is 0 Å². The number of carbonyl (C=O) groups is 1. The molecule has 1 amide bonds. The van der Waals surface area contributed by atoms with Crippen LogP contribution < -0.4 is 10.6 Å². The van der Waals surface area contributed by atoms with Crippen molar-refractivity contribution in [2.75, 3.05) is 31.6 Å². The molecule has 0 saturated heterocycles. The van der Waals surface area contributed by atoms with Crippen LogP contribution in [0.25, 0.3) is 0 Å². The topological polar surface area (TPSA) is 103 Å². The summed E-state index contributed by atoms with van der Waals surface area (Å²) < 4.78 is 10.1. The first-order valence-electron chi connectivity index (χ1n) is 6.38. The molecule has 1 aromatic carbocycles. The molecule has 0 bridgehead atoms. The third-order valence-electron chi connectivity index (χ3n) is 2.69.